The predicted molar refractivity (Wildman–Crippen MR) is 80.4 cm³/mol. The maximum Gasteiger partial charge on any atom is 0.301 e. The van der Waals surface area contributed by atoms with Crippen molar-refractivity contribution in [2.75, 3.05) is 24.4 Å². The Morgan fingerprint density at radius 1 is 1.35 bits per heavy atom. The van der Waals surface area contributed by atoms with Crippen LogP contribution in [0.3, 0.4) is 0 Å². The largest absolute Gasteiger partial charge is 0.396 e. The molecule has 2 rings (SSSR count). The summed E-state index contributed by atoms with van der Waals surface area (Å²) in [6.07, 6.45) is 1.59. The van der Waals surface area contributed by atoms with E-state index < -0.39 is 10.2 Å². The first-order chi connectivity index (χ1) is 9.42. The van der Waals surface area contributed by atoms with E-state index in [4.69, 9.17) is 28.3 Å². The molecule has 0 bridgehead atoms. The number of hydrogen-bond acceptors (Lipinski definition) is 3. The molecule has 8 heteroatoms. The monoisotopic (exact) mass is 338 g/mol. The van der Waals surface area contributed by atoms with Gasteiger partial charge in [0.1, 0.15) is 0 Å². The zero-order chi connectivity index (χ0) is 14.8. The van der Waals surface area contributed by atoms with Crippen LogP contribution < -0.4 is 4.72 Å². The van der Waals surface area contributed by atoms with Crippen LogP contribution in [0.4, 0.5) is 5.69 Å². The quantitative estimate of drug-likeness (QED) is 0.885. The number of anilines is 1. The Hall–Kier alpha value is -0.530. The molecule has 1 unspecified atom stereocenters. The molecule has 1 heterocycles. The highest BCUT2D eigenvalue weighted by Crippen LogP contribution is 2.26. The Labute approximate surface area is 128 Å². The summed E-state index contributed by atoms with van der Waals surface area (Å²) >= 11 is 11.7. The van der Waals surface area contributed by atoms with Crippen LogP contribution in [0.25, 0.3) is 0 Å². The van der Waals surface area contributed by atoms with E-state index >= 15 is 0 Å². The fourth-order valence-corrected chi connectivity index (χ4v) is 3.80. The fraction of sp³-hybridized carbons (Fsp3) is 0.500. The Morgan fingerprint density at radius 2 is 2.10 bits per heavy atom. The molecular formula is C12H16Cl2N2O3S. The number of benzene rings is 1. The first-order valence-electron chi connectivity index (χ1n) is 6.26. The van der Waals surface area contributed by atoms with Gasteiger partial charge in [-0.3, -0.25) is 4.72 Å². The highest BCUT2D eigenvalue weighted by atomic mass is 35.5. The van der Waals surface area contributed by atoms with Gasteiger partial charge < -0.3 is 5.11 Å². The van der Waals surface area contributed by atoms with Gasteiger partial charge in [0.15, 0.2) is 0 Å². The number of nitrogens with zero attached hydrogens (tertiary/aromatic N) is 1. The molecule has 1 fully saturated rings. The Balaban J connectivity index is 2.12. The summed E-state index contributed by atoms with van der Waals surface area (Å²) < 4.78 is 28.4. The van der Waals surface area contributed by atoms with E-state index in [2.05, 4.69) is 4.72 Å². The van der Waals surface area contributed by atoms with Gasteiger partial charge in [0.25, 0.3) is 0 Å². The fourth-order valence-electron chi connectivity index (χ4n) is 2.17. The van der Waals surface area contributed by atoms with Crippen LogP contribution in [0.1, 0.15) is 12.8 Å². The minimum Gasteiger partial charge on any atom is -0.396 e. The number of rotatable bonds is 4. The molecule has 0 radical (unpaired) electrons. The van der Waals surface area contributed by atoms with Crippen LogP contribution in [0.15, 0.2) is 18.2 Å². The molecule has 1 aromatic rings. The van der Waals surface area contributed by atoms with Crippen LogP contribution >= 0.6 is 23.2 Å². The second-order valence-corrected chi connectivity index (χ2v) is 7.27. The van der Waals surface area contributed by atoms with Crippen molar-refractivity contribution in [2.45, 2.75) is 12.8 Å². The van der Waals surface area contributed by atoms with Crippen LogP contribution in [-0.4, -0.2) is 37.5 Å². The van der Waals surface area contributed by atoms with E-state index in [1.165, 1.54) is 16.4 Å². The first kappa shape index (κ1) is 15.9. The summed E-state index contributed by atoms with van der Waals surface area (Å²) in [6, 6.07) is 4.56. The van der Waals surface area contributed by atoms with Gasteiger partial charge in [-0.25, -0.2) is 0 Å². The summed E-state index contributed by atoms with van der Waals surface area (Å²) in [5.74, 6) is -0.00543. The standard InChI is InChI=1S/C12H16Cl2N2O3S/c13-11-4-3-10(6-12(11)14)15-20(18,19)16-5-1-2-9(7-16)8-17/h3-4,6,9,15,17H,1-2,5,7-8H2. The molecule has 1 atom stereocenters. The third kappa shape index (κ3) is 3.77. The van der Waals surface area contributed by atoms with E-state index in [-0.39, 0.29) is 12.5 Å². The molecule has 0 spiro atoms. The lowest BCUT2D eigenvalue weighted by Crippen LogP contribution is -2.43. The van der Waals surface area contributed by atoms with Gasteiger partial charge in [0, 0.05) is 19.7 Å². The van der Waals surface area contributed by atoms with Crippen LogP contribution in [-0.2, 0) is 10.2 Å². The number of hydrogen-bond donors (Lipinski definition) is 2. The van der Waals surface area contributed by atoms with E-state index in [1.54, 1.807) is 6.07 Å². The lowest BCUT2D eigenvalue weighted by molar-refractivity contribution is 0.166. The third-order valence-corrected chi connectivity index (χ3v) is 5.49. The average molecular weight is 339 g/mol. The molecule has 5 nitrogen and oxygen atoms in total. The van der Waals surface area contributed by atoms with Crippen LogP contribution in [0.5, 0.6) is 0 Å². The third-order valence-electron chi connectivity index (χ3n) is 3.25. The van der Waals surface area contributed by atoms with Gasteiger partial charge in [-0.2, -0.15) is 12.7 Å². The van der Waals surface area contributed by atoms with Gasteiger partial charge in [0.2, 0.25) is 0 Å². The van der Waals surface area contributed by atoms with Gasteiger partial charge in [-0.1, -0.05) is 23.2 Å². The number of piperidine rings is 1. The Morgan fingerprint density at radius 3 is 2.75 bits per heavy atom. The minimum absolute atomic E-state index is 0.00120. The molecule has 1 saturated heterocycles. The van der Waals surface area contributed by atoms with Gasteiger partial charge in [-0.15, -0.1) is 0 Å². The molecule has 1 aliphatic heterocycles. The van der Waals surface area contributed by atoms with Crippen LogP contribution in [0, 0.1) is 5.92 Å². The number of halogens is 2. The molecule has 20 heavy (non-hydrogen) atoms. The Kier molecular flexibility index (Phi) is 5.14. The molecule has 0 aliphatic carbocycles. The van der Waals surface area contributed by atoms with Gasteiger partial charge >= 0.3 is 10.2 Å². The summed E-state index contributed by atoms with van der Waals surface area (Å²) in [7, 11) is -3.64. The maximum absolute atomic E-state index is 12.3. The second kappa shape index (κ2) is 6.49. The van der Waals surface area contributed by atoms with Crippen molar-refractivity contribution in [3.05, 3.63) is 28.2 Å². The molecule has 0 aromatic heterocycles. The normalized spacial score (nSPS) is 20.9. The van der Waals surface area contributed by atoms with Crippen molar-refractivity contribution in [2.24, 2.45) is 5.92 Å². The van der Waals surface area contributed by atoms with Crippen molar-refractivity contribution in [1.82, 2.24) is 4.31 Å². The van der Waals surface area contributed by atoms with E-state index in [0.29, 0.717) is 28.8 Å². The summed E-state index contributed by atoms with van der Waals surface area (Å²) in [5.41, 5.74) is 0.366. The van der Waals surface area contributed by atoms with Crippen LogP contribution in [0.2, 0.25) is 10.0 Å². The van der Waals surface area contributed by atoms with E-state index in [0.717, 1.165) is 12.8 Å². The zero-order valence-corrected chi connectivity index (χ0v) is 13.0. The number of aliphatic hydroxyl groups excluding tert-OH is 1. The highest BCUT2D eigenvalue weighted by Gasteiger charge is 2.28. The van der Waals surface area contributed by atoms with Gasteiger partial charge in [-0.05, 0) is 37.0 Å². The van der Waals surface area contributed by atoms with Crippen molar-refractivity contribution in [3.8, 4) is 0 Å². The Bertz CT molecular complexity index is 580. The van der Waals surface area contributed by atoms with Crippen molar-refractivity contribution in [1.29, 1.82) is 0 Å². The smallest absolute Gasteiger partial charge is 0.301 e. The van der Waals surface area contributed by atoms with E-state index in [9.17, 15) is 8.42 Å². The summed E-state index contributed by atoms with van der Waals surface area (Å²) in [5, 5.41) is 9.82. The van der Waals surface area contributed by atoms with Crippen molar-refractivity contribution in [3.63, 3.8) is 0 Å². The number of aliphatic hydroxyl groups is 1. The van der Waals surface area contributed by atoms with E-state index in [1.807, 2.05) is 0 Å². The molecule has 112 valence electrons. The first-order valence-corrected chi connectivity index (χ1v) is 8.46. The second-order valence-electron chi connectivity index (χ2n) is 4.78. The SMILES string of the molecule is O=S(=O)(Nc1ccc(Cl)c(Cl)c1)N1CCCC(CO)C1. The molecule has 1 aliphatic rings. The van der Waals surface area contributed by atoms with Crippen molar-refractivity contribution >= 4 is 39.1 Å². The average Bonchev–Trinajstić information content (AvgIpc) is 2.43. The maximum atomic E-state index is 12.3. The molecule has 0 amide bonds. The highest BCUT2D eigenvalue weighted by molar-refractivity contribution is 7.90. The lowest BCUT2D eigenvalue weighted by atomic mass is 10.0. The number of nitrogens with one attached hydrogen (secondary N) is 1. The lowest BCUT2D eigenvalue weighted by Gasteiger charge is -2.31. The summed E-state index contributed by atoms with van der Waals surface area (Å²) in [6.45, 7) is 0.777. The molecule has 2 N–H and O–H groups in total. The topological polar surface area (TPSA) is 69.6 Å². The molecular weight excluding hydrogens is 323 g/mol. The molecule has 1 aromatic carbocycles. The summed E-state index contributed by atoms with van der Waals surface area (Å²) in [4.78, 5) is 0. The predicted octanol–water partition coefficient (Wildman–Crippen LogP) is 2.35. The zero-order valence-electron chi connectivity index (χ0n) is 10.7. The molecule has 0 saturated carbocycles. The van der Waals surface area contributed by atoms with Crippen molar-refractivity contribution < 1.29 is 13.5 Å². The minimum atomic E-state index is -3.64. The van der Waals surface area contributed by atoms with Gasteiger partial charge in [0.05, 0.1) is 15.7 Å².